The second-order valence-corrected chi connectivity index (χ2v) is 8.50. The Morgan fingerprint density at radius 1 is 1.03 bits per heavy atom. The number of methoxy groups -OCH3 is 1. The molecule has 1 aromatic heterocycles. The van der Waals surface area contributed by atoms with E-state index in [0.717, 1.165) is 47.4 Å². The predicted molar refractivity (Wildman–Crippen MR) is 129 cm³/mol. The number of ether oxygens (including phenoxy) is 1. The van der Waals surface area contributed by atoms with E-state index in [1.807, 2.05) is 42.5 Å². The van der Waals surface area contributed by atoms with Crippen LogP contribution in [0.2, 0.25) is 0 Å². The molecule has 6 heteroatoms. The third-order valence-electron chi connectivity index (χ3n) is 6.44. The largest absolute Gasteiger partial charge is 0.497 e. The Balaban J connectivity index is 1.51. The summed E-state index contributed by atoms with van der Waals surface area (Å²) in [4.78, 5) is 14.4. The summed E-state index contributed by atoms with van der Waals surface area (Å²) in [7, 11) is 1.63. The molecule has 0 aliphatic carbocycles. The van der Waals surface area contributed by atoms with Crippen molar-refractivity contribution in [3.63, 3.8) is 0 Å². The molecule has 172 valence electrons. The normalized spacial score (nSPS) is 14.4. The van der Waals surface area contributed by atoms with Gasteiger partial charge >= 0.3 is 0 Å². The predicted octanol–water partition coefficient (Wildman–Crippen LogP) is 5.04. The highest BCUT2D eigenvalue weighted by Crippen LogP contribution is 2.34. The highest BCUT2D eigenvalue weighted by Gasteiger charge is 2.30. The zero-order chi connectivity index (χ0) is 23.5. The van der Waals surface area contributed by atoms with Gasteiger partial charge in [0.2, 0.25) is 0 Å². The number of hydrogen-bond acceptors (Lipinski definition) is 4. The van der Waals surface area contributed by atoms with Gasteiger partial charge in [-0.05, 0) is 47.5 Å². The van der Waals surface area contributed by atoms with E-state index in [4.69, 9.17) is 9.84 Å². The summed E-state index contributed by atoms with van der Waals surface area (Å²) in [5.74, 6) is 0.485. The Morgan fingerprint density at radius 2 is 1.76 bits per heavy atom. The number of rotatable bonds is 7. The first-order valence-corrected chi connectivity index (χ1v) is 11.4. The average Bonchev–Trinajstić information content (AvgIpc) is 3.23. The number of carbonyl (C=O) groups excluding carboxylic acids is 1. The van der Waals surface area contributed by atoms with Crippen molar-refractivity contribution in [1.29, 1.82) is 0 Å². The first-order valence-electron chi connectivity index (χ1n) is 11.4. The smallest absolute Gasteiger partial charge is 0.141 e. The average molecular weight is 456 g/mol. The van der Waals surface area contributed by atoms with Crippen LogP contribution in [0, 0.1) is 5.82 Å². The first kappa shape index (κ1) is 22.0. The minimum atomic E-state index is -0.363. The van der Waals surface area contributed by atoms with Crippen LogP contribution in [0.5, 0.6) is 5.75 Å². The molecule has 0 N–H and O–H groups in total. The lowest BCUT2D eigenvalue weighted by Gasteiger charge is -2.32. The zero-order valence-electron chi connectivity index (χ0n) is 19.0. The third kappa shape index (κ3) is 4.37. The first-order chi connectivity index (χ1) is 16.7. The molecule has 0 bridgehead atoms. The molecule has 4 aromatic rings. The Kier molecular flexibility index (Phi) is 6.23. The summed E-state index contributed by atoms with van der Waals surface area (Å²) >= 11 is 0. The zero-order valence-corrected chi connectivity index (χ0v) is 19.0. The summed E-state index contributed by atoms with van der Waals surface area (Å²) in [5.41, 5.74) is 6.07. The fraction of sp³-hybridized carbons (Fsp3) is 0.214. The molecule has 5 nitrogen and oxygen atoms in total. The number of aromatic nitrogens is 2. The molecule has 0 spiro atoms. The van der Waals surface area contributed by atoms with Gasteiger partial charge in [-0.25, -0.2) is 4.39 Å². The van der Waals surface area contributed by atoms with Crippen LogP contribution in [-0.4, -0.2) is 34.6 Å². The molecule has 5 rings (SSSR count). The van der Waals surface area contributed by atoms with Crippen LogP contribution >= 0.6 is 0 Å². The number of aldehydes is 1. The quantitative estimate of drug-likeness (QED) is 0.366. The Hall–Kier alpha value is -3.77. The van der Waals surface area contributed by atoms with Crippen molar-refractivity contribution in [2.24, 2.45) is 0 Å². The second-order valence-electron chi connectivity index (χ2n) is 8.50. The monoisotopic (exact) mass is 455 g/mol. The van der Waals surface area contributed by atoms with E-state index >= 15 is 0 Å². The maximum atomic E-state index is 13.6. The fourth-order valence-corrected chi connectivity index (χ4v) is 4.65. The number of halogens is 1. The molecule has 1 aliphatic rings. The molecule has 1 atom stereocenters. The van der Waals surface area contributed by atoms with Crippen LogP contribution in [0.3, 0.4) is 0 Å². The number of nitrogens with zero attached hydrogens (tertiary/aromatic N) is 3. The van der Waals surface area contributed by atoms with Gasteiger partial charge in [0.15, 0.2) is 0 Å². The number of fused-ring (bicyclic) bond motifs is 1. The molecule has 0 fully saturated rings. The van der Waals surface area contributed by atoms with Crippen LogP contribution in [0.25, 0.3) is 11.3 Å². The van der Waals surface area contributed by atoms with E-state index in [9.17, 15) is 9.18 Å². The van der Waals surface area contributed by atoms with E-state index in [0.29, 0.717) is 13.1 Å². The second kappa shape index (κ2) is 9.61. The van der Waals surface area contributed by atoms with Gasteiger partial charge < -0.3 is 9.53 Å². The third-order valence-corrected chi connectivity index (χ3v) is 6.44. The molecule has 2 heterocycles. The van der Waals surface area contributed by atoms with E-state index in [1.54, 1.807) is 19.2 Å². The highest BCUT2D eigenvalue weighted by molar-refractivity contribution is 5.66. The van der Waals surface area contributed by atoms with Gasteiger partial charge in [-0.1, -0.05) is 42.5 Å². The van der Waals surface area contributed by atoms with Crippen molar-refractivity contribution < 1.29 is 13.9 Å². The van der Waals surface area contributed by atoms with Gasteiger partial charge in [0.1, 0.15) is 17.9 Å². The summed E-state index contributed by atoms with van der Waals surface area (Å²) < 4.78 is 20.9. The Bertz CT molecular complexity index is 1270. The van der Waals surface area contributed by atoms with Crippen molar-refractivity contribution in [2.45, 2.75) is 25.6 Å². The lowest BCUT2D eigenvalue weighted by molar-refractivity contribution is -0.113. The standard InChI is InChI=1S/C28H26FN3O2/c1-34-24-13-9-21(10-14-24)27(19-33)31-16-15-26-25(18-31)28(22-7-11-23(29)12-8-22)30-32(26)17-20-5-3-2-4-6-20/h2-14,19,27H,15-18H2,1H3. The van der Waals surface area contributed by atoms with E-state index in [-0.39, 0.29) is 11.9 Å². The van der Waals surface area contributed by atoms with Gasteiger partial charge in [-0.15, -0.1) is 0 Å². The molecule has 0 saturated carbocycles. The van der Waals surface area contributed by atoms with Crippen LogP contribution in [-0.2, 0) is 24.3 Å². The van der Waals surface area contributed by atoms with Gasteiger partial charge in [-0.2, -0.15) is 5.10 Å². The van der Waals surface area contributed by atoms with Crippen LogP contribution in [0.4, 0.5) is 4.39 Å². The van der Waals surface area contributed by atoms with Crippen molar-refractivity contribution in [1.82, 2.24) is 14.7 Å². The fourth-order valence-electron chi connectivity index (χ4n) is 4.65. The molecule has 1 aliphatic heterocycles. The van der Waals surface area contributed by atoms with Gasteiger partial charge in [0.05, 0.1) is 25.4 Å². The topological polar surface area (TPSA) is 47.4 Å². The summed E-state index contributed by atoms with van der Waals surface area (Å²) in [6.45, 7) is 2.00. The van der Waals surface area contributed by atoms with E-state index in [2.05, 4.69) is 21.7 Å². The SMILES string of the molecule is COc1ccc(C(C=O)N2CCc3c(c(-c4ccc(F)cc4)nn3Cc3ccccc3)C2)cc1. The molecular weight excluding hydrogens is 429 g/mol. The summed E-state index contributed by atoms with van der Waals surface area (Å²) in [6.07, 6.45) is 1.77. The van der Waals surface area contributed by atoms with Crippen molar-refractivity contribution in [3.8, 4) is 17.0 Å². The van der Waals surface area contributed by atoms with E-state index < -0.39 is 0 Å². The minimum Gasteiger partial charge on any atom is -0.497 e. The summed E-state index contributed by atoms with van der Waals surface area (Å²) in [6, 6.07) is 24.0. The van der Waals surface area contributed by atoms with Crippen molar-refractivity contribution >= 4 is 6.29 Å². The van der Waals surface area contributed by atoms with Crippen LogP contribution in [0.1, 0.15) is 28.4 Å². The van der Waals surface area contributed by atoms with Crippen molar-refractivity contribution in [3.05, 3.63) is 107 Å². The van der Waals surface area contributed by atoms with Gasteiger partial charge in [0.25, 0.3) is 0 Å². The molecule has 34 heavy (non-hydrogen) atoms. The lowest BCUT2D eigenvalue weighted by atomic mass is 9.97. The summed E-state index contributed by atoms with van der Waals surface area (Å²) in [5, 5.41) is 4.96. The molecule has 1 unspecified atom stereocenters. The molecule has 3 aromatic carbocycles. The molecule has 0 saturated heterocycles. The molecule has 0 radical (unpaired) electrons. The molecule has 0 amide bonds. The number of carbonyl (C=O) groups is 1. The lowest BCUT2D eigenvalue weighted by Crippen LogP contribution is -2.35. The van der Waals surface area contributed by atoms with Gasteiger partial charge in [0, 0.05) is 36.3 Å². The van der Waals surface area contributed by atoms with Crippen LogP contribution < -0.4 is 4.74 Å². The number of hydrogen-bond donors (Lipinski definition) is 0. The van der Waals surface area contributed by atoms with E-state index in [1.165, 1.54) is 23.4 Å². The Morgan fingerprint density at radius 3 is 2.44 bits per heavy atom. The maximum Gasteiger partial charge on any atom is 0.141 e. The Labute approximate surface area is 198 Å². The van der Waals surface area contributed by atoms with Crippen LogP contribution in [0.15, 0.2) is 78.9 Å². The minimum absolute atomic E-state index is 0.275. The maximum absolute atomic E-state index is 13.6. The molecular formula is C28H26FN3O2. The van der Waals surface area contributed by atoms with Gasteiger partial charge in [-0.3, -0.25) is 9.58 Å². The van der Waals surface area contributed by atoms with Crippen molar-refractivity contribution in [2.75, 3.05) is 13.7 Å². The highest BCUT2D eigenvalue weighted by atomic mass is 19.1. The number of benzene rings is 3.